The fraction of sp³-hybridized carbons (Fsp3) is 0.238. The van der Waals surface area contributed by atoms with Gasteiger partial charge in [0.2, 0.25) is 5.91 Å². The van der Waals surface area contributed by atoms with E-state index in [-0.39, 0.29) is 24.9 Å². The Morgan fingerprint density at radius 2 is 1.82 bits per heavy atom. The lowest BCUT2D eigenvalue weighted by atomic mass is 10.2. The molecule has 1 amide bonds. The van der Waals surface area contributed by atoms with E-state index in [1.54, 1.807) is 22.9 Å². The van der Waals surface area contributed by atoms with Crippen LogP contribution >= 0.6 is 11.8 Å². The molecule has 0 spiro atoms. The van der Waals surface area contributed by atoms with Crippen LogP contribution in [0.15, 0.2) is 59.9 Å². The summed E-state index contributed by atoms with van der Waals surface area (Å²) < 4.78 is 14.7. The molecule has 0 radical (unpaired) electrons. The maximum atomic E-state index is 13.0. The van der Waals surface area contributed by atoms with Crippen LogP contribution < -0.4 is 5.32 Å². The van der Waals surface area contributed by atoms with Crippen molar-refractivity contribution in [3.8, 4) is 0 Å². The van der Waals surface area contributed by atoms with Crippen LogP contribution in [0.25, 0.3) is 0 Å². The number of rotatable bonds is 8. The van der Waals surface area contributed by atoms with Gasteiger partial charge in [0.1, 0.15) is 12.4 Å². The van der Waals surface area contributed by atoms with Gasteiger partial charge in [-0.25, -0.2) is 9.37 Å². The van der Waals surface area contributed by atoms with Crippen molar-refractivity contribution in [1.82, 2.24) is 14.9 Å². The van der Waals surface area contributed by atoms with E-state index in [0.717, 1.165) is 16.9 Å². The molecule has 0 unspecified atom stereocenters. The van der Waals surface area contributed by atoms with Crippen molar-refractivity contribution in [2.24, 2.45) is 0 Å². The van der Waals surface area contributed by atoms with E-state index in [0.29, 0.717) is 17.4 Å². The molecule has 2 N–H and O–H groups in total. The molecule has 1 heterocycles. The molecular formula is C21H22FN3O2S. The predicted octanol–water partition coefficient (Wildman–Crippen LogP) is 3.43. The van der Waals surface area contributed by atoms with Gasteiger partial charge in [0.15, 0.2) is 5.16 Å². The molecule has 0 saturated heterocycles. The topological polar surface area (TPSA) is 67.2 Å². The summed E-state index contributed by atoms with van der Waals surface area (Å²) in [6, 6.07) is 14.2. The van der Waals surface area contributed by atoms with Gasteiger partial charge in [-0.1, -0.05) is 53.7 Å². The van der Waals surface area contributed by atoms with Gasteiger partial charge in [-0.15, -0.1) is 0 Å². The second kappa shape index (κ2) is 9.52. The van der Waals surface area contributed by atoms with Crippen LogP contribution in [-0.2, 0) is 30.2 Å². The third-order valence-electron chi connectivity index (χ3n) is 4.26. The fourth-order valence-corrected chi connectivity index (χ4v) is 3.59. The van der Waals surface area contributed by atoms with E-state index in [1.807, 2.05) is 6.92 Å². The first kappa shape index (κ1) is 20.1. The van der Waals surface area contributed by atoms with Crippen LogP contribution in [0.1, 0.15) is 22.4 Å². The van der Waals surface area contributed by atoms with E-state index >= 15 is 0 Å². The molecule has 7 heteroatoms. The Labute approximate surface area is 167 Å². The van der Waals surface area contributed by atoms with Crippen molar-refractivity contribution in [3.63, 3.8) is 0 Å². The van der Waals surface area contributed by atoms with Crippen LogP contribution in [0, 0.1) is 12.7 Å². The smallest absolute Gasteiger partial charge is 0.240 e. The third-order valence-corrected chi connectivity index (χ3v) is 5.32. The Morgan fingerprint density at radius 3 is 2.50 bits per heavy atom. The van der Waals surface area contributed by atoms with Crippen molar-refractivity contribution in [2.75, 3.05) is 0 Å². The molecule has 28 heavy (non-hydrogen) atoms. The predicted molar refractivity (Wildman–Crippen MR) is 107 cm³/mol. The molecule has 0 fully saturated rings. The van der Waals surface area contributed by atoms with Gasteiger partial charge in [0, 0.05) is 12.3 Å². The first-order valence-corrected chi connectivity index (χ1v) is 9.88. The lowest BCUT2D eigenvalue weighted by molar-refractivity contribution is -0.122. The number of carbonyl (C=O) groups excluding carboxylic acids is 1. The van der Waals surface area contributed by atoms with Crippen molar-refractivity contribution < 1.29 is 14.3 Å². The number of nitrogens with zero attached hydrogens (tertiary/aromatic N) is 2. The van der Waals surface area contributed by atoms with Crippen molar-refractivity contribution in [3.05, 3.63) is 82.9 Å². The molecule has 0 bridgehead atoms. The molecule has 0 aliphatic rings. The number of hydrogen-bond donors (Lipinski definition) is 2. The van der Waals surface area contributed by atoms with Crippen LogP contribution in [0.4, 0.5) is 4.39 Å². The highest BCUT2D eigenvalue weighted by Crippen LogP contribution is 2.23. The highest BCUT2D eigenvalue weighted by Gasteiger charge is 2.13. The summed E-state index contributed by atoms with van der Waals surface area (Å²) >= 11 is 1.52. The summed E-state index contributed by atoms with van der Waals surface area (Å²) in [6.07, 6.45) is 1.59. The molecular weight excluding hydrogens is 377 g/mol. The van der Waals surface area contributed by atoms with E-state index in [2.05, 4.69) is 34.6 Å². The zero-order chi connectivity index (χ0) is 19.9. The van der Waals surface area contributed by atoms with Crippen molar-refractivity contribution >= 4 is 17.7 Å². The largest absolute Gasteiger partial charge is 0.390 e. The monoisotopic (exact) mass is 399 g/mol. The Bertz CT molecular complexity index is 924. The van der Waals surface area contributed by atoms with E-state index in [4.69, 9.17) is 0 Å². The summed E-state index contributed by atoms with van der Waals surface area (Å²) in [5.74, 6) is 0.213. The van der Waals surface area contributed by atoms with E-state index < -0.39 is 0 Å². The quantitative estimate of drug-likeness (QED) is 0.570. The summed E-state index contributed by atoms with van der Waals surface area (Å²) in [6.45, 7) is 2.23. The lowest BCUT2D eigenvalue weighted by Crippen LogP contribution is -2.28. The normalized spacial score (nSPS) is 10.8. The molecule has 3 rings (SSSR count). The minimum absolute atomic E-state index is 0.0628. The second-order valence-electron chi connectivity index (χ2n) is 6.45. The minimum atomic E-state index is -0.309. The zero-order valence-electron chi connectivity index (χ0n) is 15.6. The van der Waals surface area contributed by atoms with Gasteiger partial charge < -0.3 is 15.0 Å². The Kier molecular flexibility index (Phi) is 6.84. The van der Waals surface area contributed by atoms with Gasteiger partial charge in [-0.3, -0.25) is 4.79 Å². The number of carbonyl (C=O) groups is 1. The number of aromatic nitrogens is 2. The average molecular weight is 399 g/mol. The number of benzene rings is 2. The maximum absolute atomic E-state index is 13.0. The fourth-order valence-electron chi connectivity index (χ4n) is 2.64. The van der Waals surface area contributed by atoms with Crippen molar-refractivity contribution in [1.29, 1.82) is 0 Å². The first-order chi connectivity index (χ1) is 13.5. The van der Waals surface area contributed by atoms with Gasteiger partial charge >= 0.3 is 0 Å². The number of halogens is 1. The third kappa shape index (κ3) is 5.43. The second-order valence-corrected chi connectivity index (χ2v) is 7.40. The molecule has 0 saturated carbocycles. The summed E-state index contributed by atoms with van der Waals surface area (Å²) in [5.41, 5.74) is 3.77. The molecule has 146 valence electrons. The Morgan fingerprint density at radius 1 is 1.14 bits per heavy atom. The highest BCUT2D eigenvalue weighted by molar-refractivity contribution is 7.98. The number of aliphatic hydroxyl groups is 1. The molecule has 0 aliphatic carbocycles. The minimum Gasteiger partial charge on any atom is -0.390 e. The zero-order valence-corrected chi connectivity index (χ0v) is 16.4. The van der Waals surface area contributed by atoms with Crippen LogP contribution in [0.2, 0.25) is 0 Å². The Hall–Kier alpha value is -2.64. The number of imidazole rings is 1. The number of aryl methyl sites for hydroxylation is 1. The maximum Gasteiger partial charge on any atom is 0.240 e. The first-order valence-electron chi connectivity index (χ1n) is 8.90. The van der Waals surface area contributed by atoms with Crippen LogP contribution in [0.3, 0.4) is 0 Å². The molecule has 3 aromatic rings. The number of nitrogens with one attached hydrogen (secondary N) is 1. The van der Waals surface area contributed by atoms with Crippen LogP contribution in [-0.4, -0.2) is 20.6 Å². The van der Waals surface area contributed by atoms with Gasteiger partial charge in [-0.2, -0.15) is 0 Å². The lowest BCUT2D eigenvalue weighted by Gasteiger charge is -2.11. The molecule has 5 nitrogen and oxygen atoms in total. The number of thioether (sulfide) groups is 1. The molecule has 2 aromatic carbocycles. The summed E-state index contributed by atoms with van der Waals surface area (Å²) in [7, 11) is 0. The summed E-state index contributed by atoms with van der Waals surface area (Å²) in [4.78, 5) is 16.7. The van der Waals surface area contributed by atoms with E-state index in [9.17, 15) is 14.3 Å². The Balaban J connectivity index is 1.61. The summed E-state index contributed by atoms with van der Waals surface area (Å²) in [5, 5.41) is 13.1. The molecule has 0 atom stereocenters. The number of hydrogen-bond acceptors (Lipinski definition) is 4. The van der Waals surface area contributed by atoms with E-state index in [1.165, 1.54) is 29.5 Å². The molecule has 1 aromatic heterocycles. The number of aliphatic hydroxyl groups excluding tert-OH is 1. The molecule has 0 aliphatic heterocycles. The average Bonchev–Trinajstić information content (AvgIpc) is 3.08. The van der Waals surface area contributed by atoms with Crippen LogP contribution in [0.5, 0.6) is 0 Å². The highest BCUT2D eigenvalue weighted by atomic mass is 32.2. The number of amides is 1. The van der Waals surface area contributed by atoms with Gasteiger partial charge in [0.05, 0.1) is 18.5 Å². The van der Waals surface area contributed by atoms with Crippen molar-refractivity contribution in [2.45, 2.75) is 37.5 Å². The van der Waals surface area contributed by atoms with Gasteiger partial charge in [0.25, 0.3) is 0 Å². The standard InChI is InChI=1S/C21H22FN3O2S/c1-15-2-4-17(5-3-15)14-28-21-24-11-19(13-26)25(21)12-20(27)23-10-16-6-8-18(22)9-7-16/h2-9,11,26H,10,12-14H2,1H3,(H,23,27). The SMILES string of the molecule is Cc1ccc(CSc2ncc(CO)n2CC(=O)NCc2ccc(F)cc2)cc1. The van der Waals surface area contributed by atoms with Gasteiger partial charge in [-0.05, 0) is 30.2 Å².